The maximum absolute atomic E-state index is 13.1. The second-order valence-corrected chi connectivity index (χ2v) is 9.77. The summed E-state index contributed by atoms with van der Waals surface area (Å²) in [6.45, 7) is 2.40. The van der Waals surface area contributed by atoms with Gasteiger partial charge in [-0.3, -0.25) is 9.52 Å². The van der Waals surface area contributed by atoms with Crippen LogP contribution in [0.25, 0.3) is 0 Å². The molecule has 0 unspecified atom stereocenters. The van der Waals surface area contributed by atoms with Crippen molar-refractivity contribution in [1.29, 1.82) is 0 Å². The third kappa shape index (κ3) is 6.15. The first-order chi connectivity index (χ1) is 16.2. The Balaban J connectivity index is 1.81. The Hall–Kier alpha value is -3.36. The molecule has 0 saturated carbocycles. The van der Waals surface area contributed by atoms with Crippen LogP contribution in [0.1, 0.15) is 34.5 Å². The number of methoxy groups -OCH3 is 1. The zero-order valence-electron chi connectivity index (χ0n) is 19.9. The lowest BCUT2D eigenvalue weighted by atomic mass is 10.1. The fourth-order valence-electron chi connectivity index (χ4n) is 3.61. The quantitative estimate of drug-likeness (QED) is 0.455. The minimum Gasteiger partial charge on any atom is -0.495 e. The molecule has 1 amide bonds. The minimum atomic E-state index is -3.98. The molecular weight excluding hydrogens is 450 g/mol. The highest BCUT2D eigenvalue weighted by molar-refractivity contribution is 7.92. The van der Waals surface area contributed by atoms with E-state index >= 15 is 0 Å². The molecule has 180 valence electrons. The molecule has 2 N–H and O–H groups in total. The number of rotatable bonds is 10. The Morgan fingerprint density at radius 1 is 1.00 bits per heavy atom. The predicted octanol–water partition coefficient (Wildman–Crippen LogP) is 4.09. The van der Waals surface area contributed by atoms with E-state index < -0.39 is 10.0 Å². The van der Waals surface area contributed by atoms with E-state index in [1.807, 2.05) is 68.4 Å². The Morgan fingerprint density at radius 2 is 1.68 bits per heavy atom. The molecule has 3 rings (SSSR count). The van der Waals surface area contributed by atoms with Gasteiger partial charge in [-0.05, 0) is 62.0 Å². The topological polar surface area (TPSA) is 87.7 Å². The molecule has 0 saturated heterocycles. The molecular formula is C26H31N3O4S. The van der Waals surface area contributed by atoms with E-state index in [0.29, 0.717) is 12.2 Å². The highest BCUT2D eigenvalue weighted by Gasteiger charge is 2.23. The van der Waals surface area contributed by atoms with Gasteiger partial charge >= 0.3 is 0 Å². The Labute approximate surface area is 201 Å². The lowest BCUT2D eigenvalue weighted by molar-refractivity contribution is 0.0941. The Morgan fingerprint density at radius 3 is 2.26 bits per heavy atom. The van der Waals surface area contributed by atoms with Crippen molar-refractivity contribution in [3.63, 3.8) is 0 Å². The van der Waals surface area contributed by atoms with Crippen LogP contribution in [-0.4, -0.2) is 47.0 Å². The first kappa shape index (κ1) is 25.3. The van der Waals surface area contributed by atoms with E-state index in [9.17, 15) is 13.2 Å². The number of benzene rings is 3. The van der Waals surface area contributed by atoms with Gasteiger partial charge in [-0.15, -0.1) is 0 Å². The minimum absolute atomic E-state index is 0.0284. The van der Waals surface area contributed by atoms with E-state index in [-0.39, 0.29) is 28.2 Å². The zero-order valence-corrected chi connectivity index (χ0v) is 20.7. The summed E-state index contributed by atoms with van der Waals surface area (Å²) in [6.07, 6.45) is 0.858. The average molecular weight is 482 g/mol. The molecule has 7 nitrogen and oxygen atoms in total. The third-order valence-electron chi connectivity index (χ3n) is 5.59. The number of aryl methyl sites for hydroxylation is 1. The average Bonchev–Trinajstić information content (AvgIpc) is 2.84. The highest BCUT2D eigenvalue weighted by Crippen LogP contribution is 2.27. The van der Waals surface area contributed by atoms with E-state index in [2.05, 4.69) is 10.0 Å². The maximum Gasteiger partial charge on any atom is 0.265 e. The van der Waals surface area contributed by atoms with Gasteiger partial charge in [-0.1, -0.05) is 49.4 Å². The molecule has 0 aliphatic rings. The number of carbonyl (C=O) groups excluding carboxylic acids is 1. The van der Waals surface area contributed by atoms with Gasteiger partial charge in [0.15, 0.2) is 0 Å². The summed E-state index contributed by atoms with van der Waals surface area (Å²) in [5.74, 6) is -0.209. The zero-order chi connectivity index (χ0) is 24.7. The lowest BCUT2D eigenvalue weighted by Gasteiger charge is -2.25. The number of anilines is 1. The fraction of sp³-hybridized carbons (Fsp3) is 0.269. The van der Waals surface area contributed by atoms with Crippen molar-refractivity contribution in [3.8, 4) is 5.75 Å². The summed E-state index contributed by atoms with van der Waals surface area (Å²) in [4.78, 5) is 14.8. The Kier molecular flexibility index (Phi) is 8.31. The van der Waals surface area contributed by atoms with E-state index in [1.54, 1.807) is 18.2 Å². The van der Waals surface area contributed by atoms with Crippen LogP contribution in [0.4, 0.5) is 5.69 Å². The number of ether oxygens (including phenoxy) is 1. The number of carbonyl (C=O) groups is 1. The van der Waals surface area contributed by atoms with E-state index in [1.165, 1.54) is 19.2 Å². The van der Waals surface area contributed by atoms with E-state index in [4.69, 9.17) is 4.74 Å². The van der Waals surface area contributed by atoms with Crippen LogP contribution in [0, 0.1) is 0 Å². The van der Waals surface area contributed by atoms with Crippen molar-refractivity contribution in [2.45, 2.75) is 24.3 Å². The summed E-state index contributed by atoms with van der Waals surface area (Å²) in [6, 6.07) is 21.4. The molecule has 0 aromatic heterocycles. The highest BCUT2D eigenvalue weighted by atomic mass is 32.2. The normalized spacial score (nSPS) is 12.3. The number of amides is 1. The van der Waals surface area contributed by atoms with Gasteiger partial charge in [0, 0.05) is 17.8 Å². The van der Waals surface area contributed by atoms with Gasteiger partial charge in [0.25, 0.3) is 15.9 Å². The molecule has 8 heteroatoms. The monoisotopic (exact) mass is 481 g/mol. The van der Waals surface area contributed by atoms with Crippen molar-refractivity contribution < 1.29 is 17.9 Å². The Bertz CT molecular complexity index is 1210. The summed E-state index contributed by atoms with van der Waals surface area (Å²) in [7, 11) is 1.30. The van der Waals surface area contributed by atoms with Crippen LogP contribution >= 0.6 is 0 Å². The number of sulfonamides is 1. The third-order valence-corrected chi connectivity index (χ3v) is 7.00. The smallest absolute Gasteiger partial charge is 0.265 e. The summed E-state index contributed by atoms with van der Waals surface area (Å²) in [5, 5.41) is 2.92. The van der Waals surface area contributed by atoms with Crippen LogP contribution in [0.2, 0.25) is 0 Å². The number of nitrogens with one attached hydrogen (secondary N) is 2. The van der Waals surface area contributed by atoms with Crippen molar-refractivity contribution >= 4 is 21.6 Å². The molecule has 0 heterocycles. The van der Waals surface area contributed by atoms with Crippen LogP contribution in [0.5, 0.6) is 5.75 Å². The fourth-order valence-corrected chi connectivity index (χ4v) is 4.87. The molecule has 34 heavy (non-hydrogen) atoms. The van der Waals surface area contributed by atoms with Crippen LogP contribution in [-0.2, 0) is 16.4 Å². The number of nitrogens with zero attached hydrogens (tertiary/aromatic N) is 1. The molecule has 0 fully saturated rings. The van der Waals surface area contributed by atoms with Crippen LogP contribution in [0.3, 0.4) is 0 Å². The second-order valence-electron chi connectivity index (χ2n) is 8.12. The SMILES string of the molecule is CCc1ccc(NS(=O)(=O)c2cc(C(=O)NC[C@H](c3ccccc3)N(C)C)ccc2OC)cc1. The number of likely N-dealkylation sites (N-methyl/N-ethyl adjacent to an activating group) is 1. The van der Waals surface area contributed by atoms with Gasteiger partial charge in [0.1, 0.15) is 10.6 Å². The molecule has 3 aromatic carbocycles. The number of hydrogen-bond acceptors (Lipinski definition) is 5. The molecule has 0 bridgehead atoms. The molecule has 0 radical (unpaired) electrons. The van der Waals surface area contributed by atoms with Crippen molar-refractivity contribution in [1.82, 2.24) is 10.2 Å². The first-order valence-electron chi connectivity index (χ1n) is 11.0. The first-order valence-corrected chi connectivity index (χ1v) is 12.5. The van der Waals surface area contributed by atoms with E-state index in [0.717, 1.165) is 17.5 Å². The van der Waals surface area contributed by atoms with Crippen molar-refractivity contribution in [3.05, 3.63) is 89.5 Å². The summed E-state index contributed by atoms with van der Waals surface area (Å²) < 4.78 is 34.1. The molecule has 0 aliphatic heterocycles. The van der Waals surface area contributed by atoms with Crippen molar-refractivity contribution in [2.24, 2.45) is 0 Å². The maximum atomic E-state index is 13.1. The lowest BCUT2D eigenvalue weighted by Crippen LogP contribution is -2.34. The van der Waals surface area contributed by atoms with Gasteiger partial charge in [-0.25, -0.2) is 8.42 Å². The summed E-state index contributed by atoms with van der Waals surface area (Å²) >= 11 is 0. The van der Waals surface area contributed by atoms with Crippen LogP contribution in [0.15, 0.2) is 77.7 Å². The summed E-state index contributed by atoms with van der Waals surface area (Å²) in [5.41, 5.74) is 2.84. The predicted molar refractivity (Wildman–Crippen MR) is 135 cm³/mol. The second kappa shape index (κ2) is 11.2. The molecule has 1 atom stereocenters. The van der Waals surface area contributed by atoms with Gasteiger partial charge in [0.05, 0.1) is 13.2 Å². The number of hydrogen-bond donors (Lipinski definition) is 2. The molecule has 0 spiro atoms. The van der Waals surface area contributed by atoms with Gasteiger partial charge in [-0.2, -0.15) is 0 Å². The van der Waals surface area contributed by atoms with Crippen molar-refractivity contribution in [2.75, 3.05) is 32.5 Å². The standard InChI is InChI=1S/C26H31N3O4S/c1-5-19-11-14-22(15-12-19)28-34(31,32)25-17-21(13-16-24(25)33-4)26(30)27-18-23(29(2)3)20-9-7-6-8-10-20/h6-17,23,28H,5,18H2,1-4H3,(H,27,30)/t23-/m1/s1. The van der Waals surface area contributed by atoms with Gasteiger partial charge < -0.3 is 15.0 Å². The van der Waals surface area contributed by atoms with Crippen LogP contribution < -0.4 is 14.8 Å². The molecule has 0 aliphatic carbocycles. The van der Waals surface area contributed by atoms with Gasteiger partial charge in [0.2, 0.25) is 0 Å². The largest absolute Gasteiger partial charge is 0.495 e. The molecule has 3 aromatic rings.